The molecule has 0 spiro atoms. The molecule has 0 aromatic heterocycles. The summed E-state index contributed by atoms with van der Waals surface area (Å²) in [7, 11) is 1.66. The van der Waals surface area contributed by atoms with E-state index in [2.05, 4.69) is 0 Å². The summed E-state index contributed by atoms with van der Waals surface area (Å²) in [6.45, 7) is 4.48. The van der Waals surface area contributed by atoms with Gasteiger partial charge in [-0.1, -0.05) is 6.42 Å². The molecule has 108 valence electrons. The van der Waals surface area contributed by atoms with E-state index in [-0.39, 0.29) is 0 Å². The highest BCUT2D eigenvalue weighted by atomic mass is 16.6. The van der Waals surface area contributed by atoms with Crippen molar-refractivity contribution in [1.29, 1.82) is 0 Å². The number of nitrogens with two attached hydrogens (primary N) is 1. The third-order valence-electron chi connectivity index (χ3n) is 3.26. The van der Waals surface area contributed by atoms with E-state index >= 15 is 0 Å². The van der Waals surface area contributed by atoms with Gasteiger partial charge in [-0.25, -0.2) is 0 Å². The zero-order valence-electron chi connectivity index (χ0n) is 11.4. The SMILES string of the molecule is COCCOCCOCCOC1CCCC1CN. The molecular formula is C13H27NO4. The Morgan fingerprint density at radius 2 is 1.61 bits per heavy atom. The molecule has 1 fully saturated rings. The molecule has 1 aliphatic carbocycles. The summed E-state index contributed by atoms with van der Waals surface area (Å²) in [5.74, 6) is 0.544. The molecule has 0 amide bonds. The number of hydrogen-bond acceptors (Lipinski definition) is 5. The highest BCUT2D eigenvalue weighted by Crippen LogP contribution is 2.27. The predicted octanol–water partition coefficient (Wildman–Crippen LogP) is 0.810. The van der Waals surface area contributed by atoms with Gasteiger partial charge in [-0.05, 0) is 25.3 Å². The van der Waals surface area contributed by atoms with Crippen LogP contribution in [0.25, 0.3) is 0 Å². The first-order chi connectivity index (χ1) is 8.88. The molecule has 0 aliphatic heterocycles. The fourth-order valence-corrected chi connectivity index (χ4v) is 2.21. The summed E-state index contributed by atoms with van der Waals surface area (Å²) in [5, 5.41) is 0. The summed E-state index contributed by atoms with van der Waals surface area (Å²) < 4.78 is 21.4. The summed E-state index contributed by atoms with van der Waals surface area (Å²) in [6, 6.07) is 0. The lowest BCUT2D eigenvalue weighted by Crippen LogP contribution is -2.26. The topological polar surface area (TPSA) is 62.9 Å². The van der Waals surface area contributed by atoms with Gasteiger partial charge in [0, 0.05) is 7.11 Å². The molecule has 2 N–H and O–H groups in total. The Morgan fingerprint density at radius 3 is 2.28 bits per heavy atom. The van der Waals surface area contributed by atoms with Gasteiger partial charge in [-0.3, -0.25) is 0 Å². The van der Waals surface area contributed by atoms with Crippen molar-refractivity contribution in [3.05, 3.63) is 0 Å². The van der Waals surface area contributed by atoms with E-state index < -0.39 is 0 Å². The number of hydrogen-bond donors (Lipinski definition) is 1. The van der Waals surface area contributed by atoms with Crippen LogP contribution in [0.15, 0.2) is 0 Å². The van der Waals surface area contributed by atoms with E-state index in [4.69, 9.17) is 24.7 Å². The Bertz CT molecular complexity index is 192. The molecule has 18 heavy (non-hydrogen) atoms. The third kappa shape index (κ3) is 6.66. The molecule has 2 atom stereocenters. The van der Waals surface area contributed by atoms with Crippen LogP contribution in [-0.2, 0) is 18.9 Å². The van der Waals surface area contributed by atoms with E-state index in [1.54, 1.807) is 7.11 Å². The summed E-state index contributed by atoms with van der Waals surface area (Å²) in [5.41, 5.74) is 5.70. The van der Waals surface area contributed by atoms with Gasteiger partial charge < -0.3 is 24.7 Å². The molecule has 5 heteroatoms. The van der Waals surface area contributed by atoms with Crippen molar-refractivity contribution >= 4 is 0 Å². The average molecular weight is 261 g/mol. The van der Waals surface area contributed by atoms with Crippen LogP contribution in [0.4, 0.5) is 0 Å². The smallest absolute Gasteiger partial charge is 0.0704 e. The van der Waals surface area contributed by atoms with Crippen LogP contribution >= 0.6 is 0 Å². The van der Waals surface area contributed by atoms with Gasteiger partial charge in [0.1, 0.15) is 0 Å². The highest BCUT2D eigenvalue weighted by Gasteiger charge is 2.26. The summed E-state index contributed by atoms with van der Waals surface area (Å²) in [4.78, 5) is 0. The van der Waals surface area contributed by atoms with Gasteiger partial charge in [-0.2, -0.15) is 0 Å². The Kier molecular flexibility index (Phi) is 9.42. The van der Waals surface area contributed by atoms with Gasteiger partial charge >= 0.3 is 0 Å². The summed E-state index contributed by atoms with van der Waals surface area (Å²) in [6.07, 6.45) is 3.93. The van der Waals surface area contributed by atoms with Crippen LogP contribution in [-0.4, -0.2) is 59.4 Å². The monoisotopic (exact) mass is 261 g/mol. The van der Waals surface area contributed by atoms with E-state index in [1.165, 1.54) is 12.8 Å². The second kappa shape index (κ2) is 10.7. The first-order valence-corrected chi connectivity index (χ1v) is 6.84. The minimum atomic E-state index is 0.344. The Balaban J connectivity index is 1.83. The van der Waals surface area contributed by atoms with Crippen LogP contribution < -0.4 is 5.73 Å². The zero-order chi connectivity index (χ0) is 13.1. The second-order valence-electron chi connectivity index (χ2n) is 4.55. The van der Waals surface area contributed by atoms with Crippen molar-refractivity contribution in [1.82, 2.24) is 0 Å². The number of methoxy groups -OCH3 is 1. The lowest BCUT2D eigenvalue weighted by molar-refractivity contribution is -0.0249. The quantitative estimate of drug-likeness (QED) is 0.558. The van der Waals surface area contributed by atoms with Gasteiger partial charge in [-0.15, -0.1) is 0 Å². The number of ether oxygens (including phenoxy) is 4. The van der Waals surface area contributed by atoms with Crippen LogP contribution in [0, 0.1) is 5.92 Å². The zero-order valence-corrected chi connectivity index (χ0v) is 11.4. The van der Waals surface area contributed by atoms with Crippen LogP contribution in [0.3, 0.4) is 0 Å². The molecule has 0 saturated heterocycles. The Labute approximate surface area is 110 Å². The van der Waals surface area contributed by atoms with Crippen molar-refractivity contribution in [3.8, 4) is 0 Å². The van der Waals surface area contributed by atoms with Crippen molar-refractivity contribution in [3.63, 3.8) is 0 Å². The van der Waals surface area contributed by atoms with E-state index in [9.17, 15) is 0 Å². The standard InChI is InChI=1S/C13H27NO4/c1-15-5-6-16-7-8-17-9-10-18-13-4-2-3-12(13)11-14/h12-13H,2-11,14H2,1H3. The molecule has 1 saturated carbocycles. The maximum Gasteiger partial charge on any atom is 0.0704 e. The maximum atomic E-state index is 5.79. The highest BCUT2D eigenvalue weighted by molar-refractivity contribution is 4.78. The predicted molar refractivity (Wildman–Crippen MR) is 69.6 cm³/mol. The molecular weight excluding hydrogens is 234 g/mol. The van der Waals surface area contributed by atoms with Gasteiger partial charge in [0.05, 0.1) is 45.7 Å². The van der Waals surface area contributed by atoms with Crippen molar-refractivity contribution in [2.24, 2.45) is 11.7 Å². The first-order valence-electron chi connectivity index (χ1n) is 6.84. The molecule has 2 unspecified atom stereocenters. The Morgan fingerprint density at radius 1 is 0.944 bits per heavy atom. The molecule has 0 bridgehead atoms. The molecule has 1 aliphatic rings. The fraction of sp³-hybridized carbons (Fsp3) is 1.00. The number of rotatable bonds is 11. The van der Waals surface area contributed by atoms with E-state index in [1.807, 2.05) is 0 Å². The minimum Gasteiger partial charge on any atom is -0.382 e. The van der Waals surface area contributed by atoms with E-state index in [0.29, 0.717) is 51.7 Å². The van der Waals surface area contributed by atoms with Crippen LogP contribution in [0.1, 0.15) is 19.3 Å². The van der Waals surface area contributed by atoms with Gasteiger partial charge in [0.15, 0.2) is 0 Å². The normalized spacial score (nSPS) is 23.7. The van der Waals surface area contributed by atoms with Crippen molar-refractivity contribution < 1.29 is 18.9 Å². The first kappa shape index (κ1) is 15.9. The molecule has 0 radical (unpaired) electrons. The van der Waals surface area contributed by atoms with Crippen molar-refractivity contribution in [2.75, 3.05) is 53.3 Å². The molecule has 0 aromatic carbocycles. The van der Waals surface area contributed by atoms with E-state index in [0.717, 1.165) is 13.0 Å². The average Bonchev–Trinajstić information content (AvgIpc) is 2.84. The Hall–Kier alpha value is -0.200. The maximum absolute atomic E-state index is 5.79. The second-order valence-corrected chi connectivity index (χ2v) is 4.55. The van der Waals surface area contributed by atoms with Gasteiger partial charge in [0.25, 0.3) is 0 Å². The van der Waals surface area contributed by atoms with Crippen molar-refractivity contribution in [2.45, 2.75) is 25.4 Å². The molecule has 0 heterocycles. The lowest BCUT2D eigenvalue weighted by atomic mass is 10.1. The lowest BCUT2D eigenvalue weighted by Gasteiger charge is -2.18. The minimum absolute atomic E-state index is 0.344. The van der Waals surface area contributed by atoms with Gasteiger partial charge in [0.2, 0.25) is 0 Å². The summed E-state index contributed by atoms with van der Waals surface area (Å²) >= 11 is 0. The largest absolute Gasteiger partial charge is 0.382 e. The molecule has 1 rings (SSSR count). The third-order valence-corrected chi connectivity index (χ3v) is 3.26. The fourth-order valence-electron chi connectivity index (χ4n) is 2.21. The molecule has 0 aromatic rings. The van der Waals surface area contributed by atoms with Crippen LogP contribution in [0.2, 0.25) is 0 Å². The molecule has 5 nitrogen and oxygen atoms in total. The van der Waals surface area contributed by atoms with Crippen LogP contribution in [0.5, 0.6) is 0 Å².